The van der Waals surface area contributed by atoms with Crippen LogP contribution in [0.2, 0.25) is 0 Å². The topological polar surface area (TPSA) is 57.7 Å². The summed E-state index contributed by atoms with van der Waals surface area (Å²) >= 11 is 0. The molecule has 2 aliphatic heterocycles. The van der Waals surface area contributed by atoms with Gasteiger partial charge in [0.25, 0.3) is 0 Å². The molecule has 2 unspecified atom stereocenters. The Morgan fingerprint density at radius 1 is 0.950 bits per heavy atom. The third-order valence-corrected chi connectivity index (χ3v) is 5.58. The van der Waals surface area contributed by atoms with Gasteiger partial charge in [-0.1, -0.05) is 0 Å². The lowest BCUT2D eigenvalue weighted by molar-refractivity contribution is 0.157. The fraction of sp³-hybridized carbons (Fsp3) is 0.667. The van der Waals surface area contributed by atoms with E-state index in [2.05, 4.69) is 24.8 Å². The van der Waals surface area contributed by atoms with Crippen molar-refractivity contribution < 1.29 is 0 Å². The van der Waals surface area contributed by atoms with Crippen molar-refractivity contribution >= 4 is 17.0 Å². The van der Waals surface area contributed by atoms with E-state index in [1.165, 1.54) is 38.6 Å². The summed E-state index contributed by atoms with van der Waals surface area (Å²) in [5, 5.41) is 0. The lowest BCUT2D eigenvalue weighted by atomic mass is 9.68. The number of aromatic amines is 1. The van der Waals surface area contributed by atoms with Gasteiger partial charge in [0.1, 0.15) is 11.8 Å². The fourth-order valence-corrected chi connectivity index (χ4v) is 5.01. The van der Waals surface area contributed by atoms with Crippen molar-refractivity contribution in [3.05, 3.63) is 12.7 Å². The van der Waals surface area contributed by atoms with Crippen LogP contribution in [-0.4, -0.2) is 32.5 Å². The summed E-state index contributed by atoms with van der Waals surface area (Å²) in [6.07, 6.45) is 10.4. The minimum absolute atomic E-state index is 0.674. The molecule has 2 aliphatic carbocycles. The van der Waals surface area contributed by atoms with Crippen molar-refractivity contribution in [2.24, 2.45) is 17.8 Å². The molecule has 5 heteroatoms. The molecule has 4 fully saturated rings. The van der Waals surface area contributed by atoms with Crippen LogP contribution >= 0.6 is 0 Å². The highest BCUT2D eigenvalue weighted by atomic mass is 15.2. The van der Waals surface area contributed by atoms with E-state index >= 15 is 0 Å². The molecule has 4 heterocycles. The van der Waals surface area contributed by atoms with E-state index in [0.29, 0.717) is 6.04 Å². The summed E-state index contributed by atoms with van der Waals surface area (Å²) in [5.74, 6) is 3.85. The number of hydrogen-bond donors (Lipinski definition) is 1. The predicted octanol–water partition coefficient (Wildman–Crippen LogP) is 2.37. The van der Waals surface area contributed by atoms with E-state index in [1.807, 2.05) is 0 Å². The quantitative estimate of drug-likeness (QED) is 0.863. The molecule has 2 saturated heterocycles. The van der Waals surface area contributed by atoms with E-state index in [1.54, 1.807) is 12.7 Å². The van der Waals surface area contributed by atoms with Crippen molar-refractivity contribution in [1.29, 1.82) is 0 Å². The zero-order valence-corrected chi connectivity index (χ0v) is 11.5. The molecule has 2 atom stereocenters. The zero-order chi connectivity index (χ0) is 13.1. The van der Waals surface area contributed by atoms with Crippen LogP contribution in [-0.2, 0) is 0 Å². The standard InChI is InChI=1S/C15H19N5/c1-9-2-11-3-10(1)5-12(4-9)20(6-11)15-13-14(17-7-16-13)18-8-19-15/h7-12H,1-6H2,(H,16,17,18,19). The van der Waals surface area contributed by atoms with E-state index in [9.17, 15) is 0 Å². The second-order valence-corrected chi connectivity index (χ2v) is 6.88. The average Bonchev–Trinajstić information content (AvgIpc) is 2.84. The van der Waals surface area contributed by atoms with E-state index in [0.717, 1.165) is 34.7 Å². The smallest absolute Gasteiger partial charge is 0.182 e. The van der Waals surface area contributed by atoms with Crippen LogP contribution in [0.1, 0.15) is 32.1 Å². The maximum absolute atomic E-state index is 4.59. The van der Waals surface area contributed by atoms with E-state index in [-0.39, 0.29) is 0 Å². The first-order valence-electron chi connectivity index (χ1n) is 7.77. The molecule has 4 aliphatic rings. The number of H-pyrrole nitrogens is 1. The maximum atomic E-state index is 4.59. The summed E-state index contributed by atoms with van der Waals surface area (Å²) < 4.78 is 0. The second kappa shape index (κ2) is 3.93. The lowest BCUT2D eigenvalue weighted by Crippen LogP contribution is -2.38. The van der Waals surface area contributed by atoms with E-state index < -0.39 is 0 Å². The maximum Gasteiger partial charge on any atom is 0.182 e. The van der Waals surface area contributed by atoms with Gasteiger partial charge in [-0.15, -0.1) is 0 Å². The normalized spacial score (nSPS) is 35.7. The highest BCUT2D eigenvalue weighted by molar-refractivity contribution is 5.82. The molecule has 0 spiro atoms. The van der Waals surface area contributed by atoms with Crippen molar-refractivity contribution in [1.82, 2.24) is 19.9 Å². The number of imidazole rings is 1. The molecule has 6 rings (SSSR count). The highest BCUT2D eigenvalue weighted by Gasteiger charge is 2.43. The molecule has 4 bridgehead atoms. The molecule has 2 aromatic rings. The largest absolute Gasteiger partial charge is 0.351 e. The molecule has 0 amide bonds. The van der Waals surface area contributed by atoms with Gasteiger partial charge in [0, 0.05) is 12.6 Å². The van der Waals surface area contributed by atoms with Crippen molar-refractivity contribution in [2.75, 3.05) is 11.4 Å². The number of fused-ring (bicyclic) bond motifs is 2. The molecule has 0 radical (unpaired) electrons. The predicted molar refractivity (Wildman–Crippen MR) is 76.4 cm³/mol. The number of nitrogens with zero attached hydrogens (tertiary/aromatic N) is 4. The van der Waals surface area contributed by atoms with Crippen LogP contribution in [0.15, 0.2) is 12.7 Å². The van der Waals surface area contributed by atoms with Crippen LogP contribution < -0.4 is 4.90 Å². The number of anilines is 1. The van der Waals surface area contributed by atoms with Crippen LogP contribution in [0, 0.1) is 17.8 Å². The summed E-state index contributed by atoms with van der Waals surface area (Å²) in [6.45, 7) is 1.17. The Hall–Kier alpha value is -1.65. The Morgan fingerprint density at radius 2 is 1.75 bits per heavy atom. The van der Waals surface area contributed by atoms with Gasteiger partial charge in [-0.05, 0) is 49.9 Å². The first-order chi connectivity index (χ1) is 9.87. The minimum Gasteiger partial charge on any atom is -0.351 e. The molecule has 0 aromatic carbocycles. The van der Waals surface area contributed by atoms with Crippen LogP contribution in [0.4, 0.5) is 5.82 Å². The number of rotatable bonds is 1. The summed E-state index contributed by atoms with van der Waals surface area (Å²) in [6, 6.07) is 0.674. The molecular weight excluding hydrogens is 250 g/mol. The van der Waals surface area contributed by atoms with Crippen molar-refractivity contribution in [3.8, 4) is 0 Å². The Morgan fingerprint density at radius 3 is 2.60 bits per heavy atom. The molecule has 104 valence electrons. The van der Waals surface area contributed by atoms with E-state index in [4.69, 9.17) is 0 Å². The van der Waals surface area contributed by atoms with Gasteiger partial charge in [0.2, 0.25) is 0 Å². The van der Waals surface area contributed by atoms with Gasteiger partial charge < -0.3 is 9.88 Å². The third-order valence-electron chi connectivity index (χ3n) is 5.58. The lowest BCUT2D eigenvalue weighted by Gasteiger charge is -2.39. The van der Waals surface area contributed by atoms with Crippen molar-refractivity contribution in [3.63, 3.8) is 0 Å². The first-order valence-corrected chi connectivity index (χ1v) is 7.77. The zero-order valence-electron chi connectivity index (χ0n) is 11.5. The Bertz CT molecular complexity index is 637. The Kier molecular flexibility index (Phi) is 2.17. The number of hydrogen-bond acceptors (Lipinski definition) is 4. The Labute approximate surface area is 117 Å². The molecule has 1 N–H and O–H groups in total. The number of aromatic nitrogens is 4. The molecule has 2 aromatic heterocycles. The molecule has 20 heavy (non-hydrogen) atoms. The van der Waals surface area contributed by atoms with Gasteiger partial charge >= 0.3 is 0 Å². The number of nitrogens with one attached hydrogen (secondary N) is 1. The van der Waals surface area contributed by atoms with Crippen LogP contribution in [0.5, 0.6) is 0 Å². The third kappa shape index (κ3) is 1.52. The first kappa shape index (κ1) is 11.1. The molecule has 5 nitrogen and oxygen atoms in total. The summed E-state index contributed by atoms with van der Waals surface area (Å²) in [7, 11) is 0. The second-order valence-electron chi connectivity index (χ2n) is 6.88. The SMILES string of the molecule is c1nc(N2CC3CC4CC(C3)CC2C4)c2[nH]cnc2n1. The summed E-state index contributed by atoms with van der Waals surface area (Å²) in [4.78, 5) is 18.9. The van der Waals surface area contributed by atoms with Gasteiger partial charge in [0.15, 0.2) is 11.5 Å². The van der Waals surface area contributed by atoms with Crippen molar-refractivity contribution in [2.45, 2.75) is 38.1 Å². The average molecular weight is 269 g/mol. The molecular formula is C15H19N5. The van der Waals surface area contributed by atoms with Gasteiger partial charge in [0.05, 0.1) is 6.33 Å². The van der Waals surface area contributed by atoms with Gasteiger partial charge in [-0.25, -0.2) is 15.0 Å². The monoisotopic (exact) mass is 269 g/mol. The van der Waals surface area contributed by atoms with Gasteiger partial charge in [-0.3, -0.25) is 0 Å². The Balaban J connectivity index is 1.62. The van der Waals surface area contributed by atoms with Crippen LogP contribution in [0.25, 0.3) is 11.2 Å². The molecule has 2 saturated carbocycles. The van der Waals surface area contributed by atoms with Crippen LogP contribution in [0.3, 0.4) is 0 Å². The highest BCUT2D eigenvalue weighted by Crippen LogP contribution is 2.48. The minimum atomic E-state index is 0.674. The van der Waals surface area contributed by atoms with Gasteiger partial charge in [-0.2, -0.15) is 0 Å². The summed E-state index contributed by atoms with van der Waals surface area (Å²) in [5.41, 5.74) is 1.80. The fourth-order valence-electron chi connectivity index (χ4n) is 5.01.